The monoisotopic (exact) mass is 370 g/mol. The van der Waals surface area contributed by atoms with Crippen molar-refractivity contribution in [2.75, 3.05) is 0 Å². The minimum Gasteiger partial charge on any atom is -0.294 e. The van der Waals surface area contributed by atoms with E-state index in [1.807, 2.05) is 48.5 Å². The molecule has 0 saturated carbocycles. The molecule has 0 bridgehead atoms. The Balaban J connectivity index is 1.96. The van der Waals surface area contributed by atoms with E-state index in [1.165, 1.54) is 12.1 Å². The van der Waals surface area contributed by atoms with Crippen LogP contribution in [0.2, 0.25) is 0 Å². The highest BCUT2D eigenvalue weighted by Crippen LogP contribution is 2.36. The maximum absolute atomic E-state index is 12.8. The van der Waals surface area contributed by atoms with Crippen molar-refractivity contribution in [1.29, 1.82) is 5.26 Å². The molecule has 5 nitrogen and oxygen atoms in total. The molecule has 0 radical (unpaired) electrons. The van der Waals surface area contributed by atoms with Crippen LogP contribution in [0.25, 0.3) is 0 Å². The van der Waals surface area contributed by atoms with E-state index >= 15 is 0 Å². The molecule has 0 fully saturated rings. The van der Waals surface area contributed by atoms with Gasteiger partial charge in [0.1, 0.15) is 0 Å². The summed E-state index contributed by atoms with van der Waals surface area (Å²) in [6, 6.07) is 26.7. The van der Waals surface area contributed by atoms with Crippen molar-refractivity contribution < 1.29 is 9.72 Å². The van der Waals surface area contributed by atoms with E-state index in [2.05, 4.69) is 6.07 Å². The lowest BCUT2D eigenvalue weighted by Gasteiger charge is -2.22. The van der Waals surface area contributed by atoms with Crippen LogP contribution in [-0.4, -0.2) is 10.7 Å². The summed E-state index contributed by atoms with van der Waals surface area (Å²) in [7, 11) is 0. The molecule has 0 aromatic heterocycles. The zero-order valence-corrected chi connectivity index (χ0v) is 15.1. The van der Waals surface area contributed by atoms with E-state index in [0.29, 0.717) is 11.1 Å². The Morgan fingerprint density at radius 2 is 1.46 bits per heavy atom. The molecule has 3 aromatic rings. The highest BCUT2D eigenvalue weighted by molar-refractivity contribution is 5.96. The summed E-state index contributed by atoms with van der Waals surface area (Å²) in [5.41, 5.74) is 2.11. The number of nitro benzene ring substituents is 1. The summed E-state index contributed by atoms with van der Waals surface area (Å²) >= 11 is 0. The van der Waals surface area contributed by atoms with Gasteiger partial charge < -0.3 is 0 Å². The molecule has 28 heavy (non-hydrogen) atoms. The molecular formula is C23H18N2O3. The predicted octanol–water partition coefficient (Wildman–Crippen LogP) is 5.26. The van der Waals surface area contributed by atoms with Crippen LogP contribution in [0.4, 0.5) is 5.69 Å². The lowest BCUT2D eigenvalue weighted by Crippen LogP contribution is -2.15. The van der Waals surface area contributed by atoms with Gasteiger partial charge in [-0.15, -0.1) is 0 Å². The summed E-state index contributed by atoms with van der Waals surface area (Å²) in [4.78, 5) is 23.3. The third kappa shape index (κ3) is 4.30. The second kappa shape index (κ2) is 8.74. The average Bonchev–Trinajstić information content (AvgIpc) is 2.75. The summed E-state index contributed by atoms with van der Waals surface area (Å²) in [6.45, 7) is 0. The standard InChI is InChI=1S/C23H18N2O3/c24-16-22(18-11-13-20(14-12-18)25(27)28)21(17-7-3-1-4-8-17)15-23(26)19-9-5-2-6-10-19/h1-14,21-22H,15H2/t21-,22-/m0/s1. The zero-order valence-electron chi connectivity index (χ0n) is 15.1. The van der Waals surface area contributed by atoms with Gasteiger partial charge in [-0.05, 0) is 11.1 Å². The van der Waals surface area contributed by atoms with Gasteiger partial charge in [0.2, 0.25) is 0 Å². The Morgan fingerprint density at radius 1 is 0.893 bits per heavy atom. The van der Waals surface area contributed by atoms with Crippen molar-refractivity contribution in [2.24, 2.45) is 0 Å². The van der Waals surface area contributed by atoms with Gasteiger partial charge >= 0.3 is 0 Å². The molecule has 0 N–H and O–H groups in total. The number of nitrogens with zero attached hydrogens (tertiary/aromatic N) is 2. The number of hydrogen-bond acceptors (Lipinski definition) is 4. The van der Waals surface area contributed by atoms with Crippen molar-refractivity contribution in [3.63, 3.8) is 0 Å². The van der Waals surface area contributed by atoms with E-state index in [1.54, 1.807) is 24.3 Å². The summed E-state index contributed by atoms with van der Waals surface area (Å²) < 4.78 is 0. The minimum atomic E-state index is -0.601. The van der Waals surface area contributed by atoms with Gasteiger partial charge in [0, 0.05) is 30.0 Å². The van der Waals surface area contributed by atoms with Gasteiger partial charge in [-0.1, -0.05) is 72.8 Å². The van der Waals surface area contributed by atoms with Crippen molar-refractivity contribution in [3.05, 3.63) is 112 Å². The second-order valence-electron chi connectivity index (χ2n) is 6.47. The maximum atomic E-state index is 12.8. The number of non-ortho nitro benzene ring substituents is 1. The Kier molecular flexibility index (Phi) is 5.93. The molecule has 3 rings (SSSR count). The lowest BCUT2D eigenvalue weighted by atomic mass is 9.78. The zero-order chi connectivity index (χ0) is 19.9. The summed E-state index contributed by atoms with van der Waals surface area (Å²) in [5.74, 6) is -1.01. The van der Waals surface area contributed by atoms with Gasteiger partial charge in [-0.25, -0.2) is 0 Å². The third-order valence-electron chi connectivity index (χ3n) is 4.73. The fourth-order valence-electron chi connectivity index (χ4n) is 3.27. The van der Waals surface area contributed by atoms with Crippen LogP contribution < -0.4 is 0 Å². The smallest absolute Gasteiger partial charge is 0.269 e. The number of rotatable bonds is 7. The Morgan fingerprint density at radius 3 is 2.00 bits per heavy atom. The van der Waals surface area contributed by atoms with E-state index in [9.17, 15) is 20.2 Å². The van der Waals surface area contributed by atoms with Gasteiger partial charge in [0.15, 0.2) is 5.78 Å². The molecule has 0 spiro atoms. The second-order valence-corrected chi connectivity index (χ2v) is 6.47. The van der Waals surface area contributed by atoms with Crippen LogP contribution in [0.15, 0.2) is 84.9 Å². The quantitative estimate of drug-likeness (QED) is 0.323. The normalized spacial score (nSPS) is 12.5. The molecule has 0 heterocycles. The van der Waals surface area contributed by atoms with Crippen LogP contribution in [0.5, 0.6) is 0 Å². The third-order valence-corrected chi connectivity index (χ3v) is 4.73. The number of benzene rings is 3. The number of nitriles is 1. The lowest BCUT2D eigenvalue weighted by molar-refractivity contribution is -0.384. The van der Waals surface area contributed by atoms with Gasteiger partial charge in [-0.2, -0.15) is 5.26 Å². The van der Waals surface area contributed by atoms with Crippen LogP contribution in [0.1, 0.15) is 39.7 Å². The fourth-order valence-corrected chi connectivity index (χ4v) is 3.27. The first-order valence-electron chi connectivity index (χ1n) is 8.87. The number of carbonyl (C=O) groups excluding carboxylic acids is 1. The number of carbonyl (C=O) groups is 1. The topological polar surface area (TPSA) is 84.0 Å². The van der Waals surface area contributed by atoms with Crippen LogP contribution in [0, 0.1) is 21.4 Å². The Hall–Kier alpha value is -3.78. The van der Waals surface area contributed by atoms with Crippen LogP contribution >= 0.6 is 0 Å². The molecule has 0 unspecified atom stereocenters. The summed E-state index contributed by atoms with van der Waals surface area (Å²) in [6.07, 6.45) is 0.170. The fraction of sp³-hybridized carbons (Fsp3) is 0.130. The van der Waals surface area contributed by atoms with Crippen LogP contribution in [0.3, 0.4) is 0 Å². The molecule has 0 saturated heterocycles. The molecule has 138 valence electrons. The van der Waals surface area contributed by atoms with Gasteiger partial charge in [-0.3, -0.25) is 14.9 Å². The van der Waals surface area contributed by atoms with Crippen molar-refractivity contribution >= 4 is 11.5 Å². The highest BCUT2D eigenvalue weighted by Gasteiger charge is 2.28. The van der Waals surface area contributed by atoms with E-state index in [0.717, 1.165) is 5.56 Å². The number of Topliss-reactive ketones (excluding diaryl/α,β-unsaturated/α-hetero) is 1. The van der Waals surface area contributed by atoms with Gasteiger partial charge in [0.25, 0.3) is 5.69 Å². The molecule has 0 aliphatic carbocycles. The molecule has 2 atom stereocenters. The Labute approximate surface area is 163 Å². The first kappa shape index (κ1) is 19.0. The SMILES string of the molecule is N#C[C@@H](c1ccc([N+](=O)[O-])cc1)[C@@H](CC(=O)c1ccccc1)c1ccccc1. The molecule has 0 aliphatic heterocycles. The van der Waals surface area contributed by atoms with Crippen LogP contribution in [-0.2, 0) is 0 Å². The van der Waals surface area contributed by atoms with Gasteiger partial charge in [0.05, 0.1) is 16.9 Å². The number of nitro groups is 1. The van der Waals surface area contributed by atoms with Crippen molar-refractivity contribution in [3.8, 4) is 6.07 Å². The molecular weight excluding hydrogens is 352 g/mol. The molecule has 0 amide bonds. The summed E-state index contributed by atoms with van der Waals surface area (Å²) in [5, 5.41) is 20.8. The van der Waals surface area contributed by atoms with Crippen molar-refractivity contribution in [1.82, 2.24) is 0 Å². The van der Waals surface area contributed by atoms with E-state index in [-0.39, 0.29) is 23.8 Å². The number of hydrogen-bond donors (Lipinski definition) is 0. The predicted molar refractivity (Wildman–Crippen MR) is 106 cm³/mol. The maximum Gasteiger partial charge on any atom is 0.269 e. The Bertz CT molecular complexity index is 994. The molecule has 5 heteroatoms. The first-order chi connectivity index (χ1) is 13.6. The highest BCUT2D eigenvalue weighted by atomic mass is 16.6. The average molecular weight is 370 g/mol. The first-order valence-corrected chi connectivity index (χ1v) is 8.87. The van der Waals surface area contributed by atoms with E-state index in [4.69, 9.17) is 0 Å². The molecule has 0 aliphatic rings. The number of ketones is 1. The molecule has 3 aromatic carbocycles. The van der Waals surface area contributed by atoms with Crippen molar-refractivity contribution in [2.45, 2.75) is 18.3 Å². The largest absolute Gasteiger partial charge is 0.294 e. The minimum absolute atomic E-state index is 0.0305. The van der Waals surface area contributed by atoms with E-state index < -0.39 is 10.8 Å².